The smallest absolute Gasteiger partial charge is 0.397 e. The van der Waals surface area contributed by atoms with Gasteiger partial charge in [0.2, 0.25) is 0 Å². The van der Waals surface area contributed by atoms with E-state index >= 15 is 0 Å². The number of allylic oxidation sites excluding steroid dienone is 8. The third-order valence-electron chi connectivity index (χ3n) is 14.0. The maximum Gasteiger partial charge on any atom is 0.397 e. The molecule has 4 N–H and O–H groups in total. The topological polar surface area (TPSA) is 178 Å². The largest absolute Gasteiger partial charge is 0.457 e. The highest BCUT2D eigenvalue weighted by atomic mass is 32.3. The first-order chi connectivity index (χ1) is 36.1. The fraction of sp³-hybridized carbons (Fsp3) is 0.852. The van der Waals surface area contributed by atoms with E-state index in [9.17, 15) is 33.1 Å². The second-order valence-corrected chi connectivity index (χ2v) is 22.0. The lowest BCUT2D eigenvalue weighted by atomic mass is 9.99. The van der Waals surface area contributed by atoms with Crippen LogP contribution in [0.2, 0.25) is 0 Å². The molecule has 1 fully saturated rings. The van der Waals surface area contributed by atoms with Crippen molar-refractivity contribution in [2.24, 2.45) is 0 Å². The molecule has 1 saturated heterocycles. The summed E-state index contributed by atoms with van der Waals surface area (Å²) in [5.74, 6) is -0.403. The minimum absolute atomic E-state index is 0.0350. The molecule has 434 valence electrons. The molecule has 0 spiro atoms. The van der Waals surface area contributed by atoms with Gasteiger partial charge in [-0.15, -0.1) is 0 Å². The van der Waals surface area contributed by atoms with Crippen LogP contribution in [0.4, 0.5) is 0 Å². The first-order valence-corrected chi connectivity index (χ1v) is 31.8. The zero-order valence-corrected chi connectivity index (χ0v) is 48.0. The highest BCUT2D eigenvalue weighted by Crippen LogP contribution is 2.26. The average molecular weight is 1070 g/mol. The van der Waals surface area contributed by atoms with E-state index < -0.39 is 59.8 Å². The van der Waals surface area contributed by atoms with Crippen LogP contribution >= 0.6 is 0 Å². The van der Waals surface area contributed by atoms with Crippen molar-refractivity contribution in [1.29, 1.82) is 0 Å². The summed E-state index contributed by atoms with van der Waals surface area (Å²) in [6, 6.07) is 0. The Balaban J connectivity index is 2.26. The van der Waals surface area contributed by atoms with Crippen LogP contribution in [-0.2, 0) is 38.3 Å². The molecule has 6 atom stereocenters. The molecule has 0 aromatic rings. The van der Waals surface area contributed by atoms with Crippen molar-refractivity contribution in [3.05, 3.63) is 48.6 Å². The van der Waals surface area contributed by atoms with E-state index in [-0.39, 0.29) is 19.6 Å². The van der Waals surface area contributed by atoms with Gasteiger partial charge in [0, 0.05) is 13.0 Å². The van der Waals surface area contributed by atoms with Gasteiger partial charge in [0.15, 0.2) is 6.29 Å². The molecule has 0 amide bonds. The number of aliphatic hydroxyl groups excluding tert-OH is 3. The van der Waals surface area contributed by atoms with Gasteiger partial charge in [-0.05, 0) is 51.4 Å². The number of aliphatic hydroxyl groups is 3. The first-order valence-electron chi connectivity index (χ1n) is 30.4. The van der Waals surface area contributed by atoms with Crippen LogP contribution in [0.1, 0.15) is 271 Å². The molecule has 0 saturated carbocycles. The summed E-state index contributed by atoms with van der Waals surface area (Å²) in [4.78, 5) is 13.0. The molecule has 12 nitrogen and oxygen atoms in total. The van der Waals surface area contributed by atoms with Gasteiger partial charge >= 0.3 is 16.4 Å². The molecule has 0 aromatic heterocycles. The Morgan fingerprint density at radius 3 is 1.36 bits per heavy atom. The minimum Gasteiger partial charge on any atom is -0.457 e. The Morgan fingerprint density at radius 2 is 0.932 bits per heavy atom. The number of ether oxygens (including phenoxy) is 4. The lowest BCUT2D eigenvalue weighted by Gasteiger charge is -2.41. The third kappa shape index (κ3) is 44.1. The fourth-order valence-electron chi connectivity index (χ4n) is 9.43. The van der Waals surface area contributed by atoms with Crippen molar-refractivity contribution in [1.82, 2.24) is 0 Å². The SMILES string of the molecule is CC/C=C\C/C=C\C/C=C\C/C=C\CCCCCCCCCCC(=O)OC(COCCCCCCCCCCCCCCCCCCCCCCCCCCCC)COC1OC(CO)C(O)C(OS(=O)(=O)O)C1O. The van der Waals surface area contributed by atoms with Crippen LogP contribution < -0.4 is 0 Å². The summed E-state index contributed by atoms with van der Waals surface area (Å²) in [5, 5.41) is 30.9. The third-order valence-corrected chi connectivity index (χ3v) is 14.4. The molecule has 0 radical (unpaired) electrons. The zero-order valence-electron chi connectivity index (χ0n) is 47.2. The van der Waals surface area contributed by atoms with E-state index in [1.807, 2.05) is 0 Å². The minimum atomic E-state index is -5.07. The second kappa shape index (κ2) is 51.8. The van der Waals surface area contributed by atoms with Gasteiger partial charge in [0.25, 0.3) is 0 Å². The van der Waals surface area contributed by atoms with E-state index in [0.717, 1.165) is 70.6 Å². The van der Waals surface area contributed by atoms with Gasteiger partial charge < -0.3 is 34.3 Å². The molecular weight excluding hydrogens is 957 g/mol. The van der Waals surface area contributed by atoms with E-state index in [1.54, 1.807) is 0 Å². The lowest BCUT2D eigenvalue weighted by molar-refractivity contribution is -0.301. The molecule has 0 bridgehead atoms. The molecule has 6 unspecified atom stereocenters. The van der Waals surface area contributed by atoms with E-state index in [4.69, 9.17) is 18.9 Å². The number of carbonyl (C=O) groups is 1. The Kier molecular flexibility index (Phi) is 49.0. The summed E-state index contributed by atoms with van der Waals surface area (Å²) >= 11 is 0. The maximum absolute atomic E-state index is 13.0. The summed E-state index contributed by atoms with van der Waals surface area (Å²) in [6.07, 6.45) is 57.3. The Labute approximate surface area is 453 Å². The monoisotopic (exact) mass is 1070 g/mol. The van der Waals surface area contributed by atoms with Crippen LogP contribution in [-0.4, -0.2) is 97.5 Å². The lowest BCUT2D eigenvalue weighted by Crippen LogP contribution is -2.60. The molecule has 13 heteroatoms. The summed E-state index contributed by atoms with van der Waals surface area (Å²) in [6.45, 7) is 3.93. The number of carbonyl (C=O) groups excluding carboxylic acids is 1. The van der Waals surface area contributed by atoms with Crippen molar-refractivity contribution in [2.75, 3.05) is 26.4 Å². The molecule has 0 aliphatic carbocycles. The summed E-state index contributed by atoms with van der Waals surface area (Å²) in [5.41, 5.74) is 0. The average Bonchev–Trinajstić information content (AvgIpc) is 3.38. The summed E-state index contributed by atoms with van der Waals surface area (Å²) in [7, 11) is -5.07. The number of unbranched alkanes of at least 4 members (excludes halogenated alkanes) is 33. The molecular formula is C61H112O12S. The van der Waals surface area contributed by atoms with Gasteiger partial charge in [-0.25, -0.2) is 4.18 Å². The number of hydrogen-bond donors (Lipinski definition) is 4. The predicted octanol–water partition coefficient (Wildman–Crippen LogP) is 15.4. The van der Waals surface area contributed by atoms with Crippen LogP contribution in [0, 0.1) is 0 Å². The van der Waals surface area contributed by atoms with Crippen LogP contribution in [0.25, 0.3) is 0 Å². The van der Waals surface area contributed by atoms with Gasteiger partial charge in [-0.1, -0.05) is 262 Å². The van der Waals surface area contributed by atoms with Gasteiger partial charge in [-0.2, -0.15) is 8.42 Å². The molecule has 0 aromatic carbocycles. The number of rotatable bonds is 54. The molecule has 1 aliphatic rings. The van der Waals surface area contributed by atoms with Crippen molar-refractivity contribution in [2.45, 2.75) is 307 Å². The highest BCUT2D eigenvalue weighted by Gasteiger charge is 2.48. The Bertz CT molecular complexity index is 1470. The normalized spacial score (nSPS) is 19.0. The second-order valence-electron chi connectivity index (χ2n) is 20.9. The standard InChI is InChI=1S/C61H112O12S/c1-3-5-7-9-11-13-15-17-19-21-23-25-26-27-28-29-31-33-35-37-39-41-43-45-47-49-51-69-53-55(54-70-61-59(65)60(73-74(66,67)68)58(64)56(52-62)72-61)71-57(63)50-48-46-44-42-40-38-36-34-32-30-24-22-20-18-16-14-12-10-8-6-4-2/h6,8,12,14,18,20,24,30,55-56,58-62,64-65H,3-5,7,9-11,13,15-17,19,21-23,25-29,31-54H2,1-2H3,(H,66,67,68)/b8-6-,14-12-,20-18-,30-24-. The van der Waals surface area contributed by atoms with Crippen molar-refractivity contribution in [3.8, 4) is 0 Å². The Morgan fingerprint density at radius 1 is 0.527 bits per heavy atom. The molecule has 1 rings (SSSR count). The summed E-state index contributed by atoms with van der Waals surface area (Å²) < 4.78 is 59.5. The van der Waals surface area contributed by atoms with Crippen LogP contribution in [0.15, 0.2) is 48.6 Å². The highest BCUT2D eigenvalue weighted by molar-refractivity contribution is 7.80. The predicted molar refractivity (Wildman–Crippen MR) is 303 cm³/mol. The quantitative estimate of drug-likeness (QED) is 0.0196. The van der Waals surface area contributed by atoms with E-state index in [2.05, 4.69) is 66.6 Å². The first kappa shape index (κ1) is 70.1. The van der Waals surface area contributed by atoms with Gasteiger partial charge in [0.05, 0.1) is 19.8 Å². The van der Waals surface area contributed by atoms with E-state index in [0.29, 0.717) is 13.0 Å². The number of esters is 1. The Hall–Kier alpha value is -1.94. The van der Waals surface area contributed by atoms with Gasteiger partial charge in [0.1, 0.15) is 30.5 Å². The van der Waals surface area contributed by atoms with Crippen molar-refractivity contribution < 1.29 is 56.2 Å². The van der Waals surface area contributed by atoms with Crippen molar-refractivity contribution >= 4 is 16.4 Å². The fourth-order valence-corrected chi connectivity index (χ4v) is 9.94. The molecule has 1 aliphatic heterocycles. The van der Waals surface area contributed by atoms with Crippen LogP contribution in [0.3, 0.4) is 0 Å². The maximum atomic E-state index is 13.0. The number of hydrogen-bond acceptors (Lipinski definition) is 11. The molecule has 1 heterocycles. The van der Waals surface area contributed by atoms with Gasteiger partial charge in [-0.3, -0.25) is 9.35 Å². The van der Waals surface area contributed by atoms with Crippen LogP contribution in [0.5, 0.6) is 0 Å². The molecule has 74 heavy (non-hydrogen) atoms. The van der Waals surface area contributed by atoms with Crippen molar-refractivity contribution in [3.63, 3.8) is 0 Å². The van der Waals surface area contributed by atoms with E-state index in [1.165, 1.54) is 173 Å². The zero-order chi connectivity index (χ0) is 53.8.